The molecule has 0 spiro atoms. The highest BCUT2D eigenvalue weighted by atomic mass is 16.3. The number of hydrogen-bond donors (Lipinski definition) is 1. The van der Waals surface area contributed by atoms with Gasteiger partial charge in [0.1, 0.15) is 6.10 Å². The number of benzene rings is 1. The van der Waals surface area contributed by atoms with Crippen LogP contribution in [-0.2, 0) is 0 Å². The van der Waals surface area contributed by atoms with Gasteiger partial charge in [-0.05, 0) is 24.1 Å². The molecule has 0 bridgehead atoms. The standard InChI is InChI=1S/C14H16O/c1-2-8-14(15)12-7-6-11-13-9-4-3-5-10-13/h3-6,9-11,14-15H,2,8H2,1H3/b11-6+. The van der Waals surface area contributed by atoms with Crippen LogP contribution in [0.5, 0.6) is 0 Å². The van der Waals surface area contributed by atoms with Gasteiger partial charge in [-0.15, -0.1) is 0 Å². The number of allylic oxidation sites excluding steroid dienone is 1. The lowest BCUT2D eigenvalue weighted by atomic mass is 10.2. The van der Waals surface area contributed by atoms with Crippen molar-refractivity contribution in [2.24, 2.45) is 0 Å². The lowest BCUT2D eigenvalue weighted by Crippen LogP contribution is -2.00. The Labute approximate surface area is 91.5 Å². The quantitative estimate of drug-likeness (QED) is 0.744. The van der Waals surface area contributed by atoms with E-state index in [9.17, 15) is 5.11 Å². The Balaban J connectivity index is 2.46. The Kier molecular flexibility index (Phi) is 5.29. The zero-order valence-corrected chi connectivity index (χ0v) is 8.98. The molecule has 0 fully saturated rings. The van der Waals surface area contributed by atoms with E-state index in [0.717, 1.165) is 18.4 Å². The summed E-state index contributed by atoms with van der Waals surface area (Å²) in [4.78, 5) is 0. The second-order valence-electron chi connectivity index (χ2n) is 3.34. The smallest absolute Gasteiger partial charge is 0.115 e. The fraction of sp³-hybridized carbons (Fsp3) is 0.286. The molecular weight excluding hydrogens is 184 g/mol. The van der Waals surface area contributed by atoms with Crippen LogP contribution in [0.2, 0.25) is 0 Å². The second-order valence-corrected chi connectivity index (χ2v) is 3.34. The van der Waals surface area contributed by atoms with Crippen LogP contribution in [-0.4, -0.2) is 11.2 Å². The largest absolute Gasteiger partial charge is 0.380 e. The second kappa shape index (κ2) is 6.86. The van der Waals surface area contributed by atoms with Crippen molar-refractivity contribution in [1.82, 2.24) is 0 Å². The molecule has 15 heavy (non-hydrogen) atoms. The highest BCUT2D eigenvalue weighted by Crippen LogP contribution is 2.00. The van der Waals surface area contributed by atoms with Crippen molar-refractivity contribution in [1.29, 1.82) is 0 Å². The Morgan fingerprint density at radius 3 is 2.73 bits per heavy atom. The van der Waals surface area contributed by atoms with Crippen molar-refractivity contribution < 1.29 is 5.11 Å². The third-order valence-corrected chi connectivity index (χ3v) is 1.97. The molecule has 0 saturated heterocycles. The van der Waals surface area contributed by atoms with Crippen LogP contribution in [0.4, 0.5) is 0 Å². The van der Waals surface area contributed by atoms with E-state index in [1.807, 2.05) is 43.3 Å². The van der Waals surface area contributed by atoms with Crippen LogP contribution in [0.15, 0.2) is 36.4 Å². The van der Waals surface area contributed by atoms with Crippen molar-refractivity contribution in [3.8, 4) is 11.8 Å². The first-order chi connectivity index (χ1) is 7.33. The van der Waals surface area contributed by atoms with E-state index in [1.54, 1.807) is 6.08 Å². The molecule has 1 rings (SSSR count). The first kappa shape index (κ1) is 11.6. The third-order valence-electron chi connectivity index (χ3n) is 1.97. The SMILES string of the molecule is CCCC(O)C#C/C=C/c1ccccc1. The third kappa shape index (κ3) is 5.05. The Hall–Kier alpha value is -1.52. The molecule has 0 radical (unpaired) electrons. The van der Waals surface area contributed by atoms with Crippen molar-refractivity contribution in [2.75, 3.05) is 0 Å². The summed E-state index contributed by atoms with van der Waals surface area (Å²) in [5.41, 5.74) is 1.12. The molecule has 1 heteroatoms. The fourth-order valence-electron chi connectivity index (χ4n) is 1.19. The summed E-state index contributed by atoms with van der Waals surface area (Å²) < 4.78 is 0. The Bertz CT molecular complexity index is 354. The number of aliphatic hydroxyl groups is 1. The van der Waals surface area contributed by atoms with Gasteiger partial charge < -0.3 is 5.11 Å². The predicted octanol–water partition coefficient (Wildman–Crippen LogP) is 2.86. The minimum absolute atomic E-state index is 0.490. The summed E-state index contributed by atoms with van der Waals surface area (Å²) in [6, 6.07) is 9.98. The summed E-state index contributed by atoms with van der Waals surface area (Å²) in [6.45, 7) is 2.03. The van der Waals surface area contributed by atoms with Gasteiger partial charge in [-0.1, -0.05) is 55.5 Å². The van der Waals surface area contributed by atoms with Crippen molar-refractivity contribution in [3.05, 3.63) is 42.0 Å². The van der Waals surface area contributed by atoms with Gasteiger partial charge >= 0.3 is 0 Å². The molecule has 1 N–H and O–H groups in total. The van der Waals surface area contributed by atoms with Crippen LogP contribution in [0.1, 0.15) is 25.3 Å². The summed E-state index contributed by atoms with van der Waals surface area (Å²) in [7, 11) is 0. The predicted molar refractivity (Wildman–Crippen MR) is 64.2 cm³/mol. The maximum absolute atomic E-state index is 9.34. The summed E-state index contributed by atoms with van der Waals surface area (Å²) >= 11 is 0. The molecule has 0 aliphatic rings. The van der Waals surface area contributed by atoms with Gasteiger partial charge in [0.15, 0.2) is 0 Å². The average Bonchev–Trinajstić information content (AvgIpc) is 2.26. The van der Waals surface area contributed by atoms with Gasteiger partial charge in [-0.2, -0.15) is 0 Å². The molecule has 0 amide bonds. The zero-order chi connectivity index (χ0) is 10.9. The van der Waals surface area contributed by atoms with E-state index in [4.69, 9.17) is 0 Å². The minimum atomic E-state index is -0.490. The van der Waals surface area contributed by atoms with Crippen molar-refractivity contribution >= 4 is 6.08 Å². The maximum atomic E-state index is 9.34. The average molecular weight is 200 g/mol. The molecule has 1 atom stereocenters. The van der Waals surface area contributed by atoms with Crippen LogP contribution in [0.25, 0.3) is 6.08 Å². The minimum Gasteiger partial charge on any atom is -0.380 e. The first-order valence-electron chi connectivity index (χ1n) is 5.23. The molecule has 1 aromatic rings. The normalized spacial score (nSPS) is 12.1. The molecule has 1 nitrogen and oxygen atoms in total. The van der Waals surface area contributed by atoms with E-state index in [-0.39, 0.29) is 0 Å². The van der Waals surface area contributed by atoms with Crippen LogP contribution >= 0.6 is 0 Å². The van der Waals surface area contributed by atoms with Crippen LogP contribution in [0.3, 0.4) is 0 Å². The molecule has 1 aromatic carbocycles. The summed E-state index contributed by atoms with van der Waals surface area (Å²) in [5.74, 6) is 5.61. The topological polar surface area (TPSA) is 20.2 Å². The molecule has 0 aromatic heterocycles. The van der Waals surface area contributed by atoms with Crippen LogP contribution in [0, 0.1) is 11.8 Å². The lowest BCUT2D eigenvalue weighted by Gasteiger charge is -1.96. The van der Waals surface area contributed by atoms with Gasteiger partial charge in [0, 0.05) is 0 Å². The lowest BCUT2D eigenvalue weighted by molar-refractivity contribution is 0.221. The molecule has 0 heterocycles. The molecule has 0 aliphatic carbocycles. The van der Waals surface area contributed by atoms with Gasteiger partial charge in [0.2, 0.25) is 0 Å². The first-order valence-corrected chi connectivity index (χ1v) is 5.23. The molecule has 78 valence electrons. The van der Waals surface area contributed by atoms with Gasteiger partial charge in [-0.3, -0.25) is 0 Å². The van der Waals surface area contributed by atoms with E-state index in [1.165, 1.54) is 0 Å². The maximum Gasteiger partial charge on any atom is 0.115 e. The highest BCUT2D eigenvalue weighted by molar-refractivity contribution is 5.52. The van der Waals surface area contributed by atoms with Crippen molar-refractivity contribution in [2.45, 2.75) is 25.9 Å². The van der Waals surface area contributed by atoms with Crippen LogP contribution < -0.4 is 0 Å². The van der Waals surface area contributed by atoms with E-state index < -0.39 is 6.10 Å². The zero-order valence-electron chi connectivity index (χ0n) is 8.98. The fourth-order valence-corrected chi connectivity index (χ4v) is 1.19. The number of rotatable bonds is 3. The van der Waals surface area contributed by atoms with E-state index >= 15 is 0 Å². The monoisotopic (exact) mass is 200 g/mol. The summed E-state index contributed by atoms with van der Waals surface area (Å²) in [5, 5.41) is 9.34. The Morgan fingerprint density at radius 1 is 1.33 bits per heavy atom. The number of hydrogen-bond acceptors (Lipinski definition) is 1. The van der Waals surface area contributed by atoms with Gasteiger partial charge in [0.05, 0.1) is 0 Å². The molecule has 0 saturated carbocycles. The molecule has 1 unspecified atom stereocenters. The van der Waals surface area contributed by atoms with Crippen molar-refractivity contribution in [3.63, 3.8) is 0 Å². The summed E-state index contributed by atoms with van der Waals surface area (Å²) in [6.07, 6.45) is 4.92. The van der Waals surface area contributed by atoms with E-state index in [0.29, 0.717) is 0 Å². The van der Waals surface area contributed by atoms with Gasteiger partial charge in [0.25, 0.3) is 0 Å². The van der Waals surface area contributed by atoms with E-state index in [2.05, 4.69) is 11.8 Å². The van der Waals surface area contributed by atoms with Gasteiger partial charge in [-0.25, -0.2) is 0 Å². The number of aliphatic hydroxyl groups excluding tert-OH is 1. The highest BCUT2D eigenvalue weighted by Gasteiger charge is 1.93. The molecule has 0 aliphatic heterocycles. The Morgan fingerprint density at radius 2 is 2.07 bits per heavy atom. The molecular formula is C14H16O.